The summed E-state index contributed by atoms with van der Waals surface area (Å²) in [5, 5.41) is 0. The number of benzene rings is 1. The summed E-state index contributed by atoms with van der Waals surface area (Å²) >= 11 is 0. The molecule has 0 amide bonds. The number of allylic oxidation sites excluding steroid dienone is 1. The van der Waals surface area contributed by atoms with E-state index in [2.05, 4.69) is 13.5 Å². The van der Waals surface area contributed by atoms with Gasteiger partial charge in [-0.3, -0.25) is 19.2 Å². The van der Waals surface area contributed by atoms with Crippen LogP contribution in [0.4, 0.5) is 0 Å². The highest BCUT2D eigenvalue weighted by Crippen LogP contribution is 2.59. The van der Waals surface area contributed by atoms with Crippen molar-refractivity contribution in [1.29, 1.82) is 0 Å². The predicted molar refractivity (Wildman–Crippen MR) is 150 cm³/mol. The molecule has 7 heteroatoms. The van der Waals surface area contributed by atoms with E-state index in [0.717, 1.165) is 11.1 Å². The third-order valence-corrected chi connectivity index (χ3v) is 9.43. The molecular formula is C33H42O7. The van der Waals surface area contributed by atoms with E-state index in [1.807, 2.05) is 44.2 Å². The number of carbonyl (C=O) groups excluding carboxylic acids is 4. The van der Waals surface area contributed by atoms with E-state index in [9.17, 15) is 19.2 Å². The van der Waals surface area contributed by atoms with Crippen LogP contribution in [0.15, 0.2) is 53.6 Å². The maximum absolute atomic E-state index is 13.3. The summed E-state index contributed by atoms with van der Waals surface area (Å²) in [6.07, 6.45) is 0.897. The van der Waals surface area contributed by atoms with E-state index in [1.165, 1.54) is 13.8 Å². The number of rotatable bonds is 6. The van der Waals surface area contributed by atoms with Crippen molar-refractivity contribution < 1.29 is 33.4 Å². The lowest BCUT2D eigenvalue weighted by molar-refractivity contribution is -0.172. The summed E-state index contributed by atoms with van der Waals surface area (Å²) in [5.41, 5.74) is 2.10. The van der Waals surface area contributed by atoms with Gasteiger partial charge in [-0.1, -0.05) is 57.7 Å². The Labute approximate surface area is 237 Å². The van der Waals surface area contributed by atoms with Crippen molar-refractivity contribution in [2.45, 2.75) is 98.4 Å². The van der Waals surface area contributed by atoms with E-state index in [1.54, 1.807) is 6.92 Å². The lowest BCUT2D eigenvalue weighted by Crippen LogP contribution is -2.58. The Hall–Kier alpha value is -3.22. The van der Waals surface area contributed by atoms with Gasteiger partial charge in [0.15, 0.2) is 5.78 Å². The fourth-order valence-corrected chi connectivity index (χ4v) is 7.55. The fraction of sp³-hybridized carbons (Fsp3) is 0.576. The zero-order valence-corrected chi connectivity index (χ0v) is 24.6. The molecule has 0 spiro atoms. The van der Waals surface area contributed by atoms with Crippen LogP contribution >= 0.6 is 0 Å². The summed E-state index contributed by atoms with van der Waals surface area (Å²) in [5.74, 6) is -1.95. The second kappa shape index (κ2) is 11.3. The minimum absolute atomic E-state index is 0.0393. The van der Waals surface area contributed by atoms with Crippen LogP contribution in [0.3, 0.4) is 0 Å². The number of aryl methyl sites for hydroxylation is 1. The zero-order chi connectivity index (χ0) is 29.4. The number of carbonyl (C=O) groups is 4. The molecule has 40 heavy (non-hydrogen) atoms. The molecule has 1 aromatic rings. The van der Waals surface area contributed by atoms with E-state index >= 15 is 0 Å². The molecule has 3 aliphatic carbocycles. The monoisotopic (exact) mass is 550 g/mol. The molecule has 216 valence electrons. The first kappa shape index (κ1) is 29.8. The van der Waals surface area contributed by atoms with Crippen molar-refractivity contribution in [1.82, 2.24) is 0 Å². The second-order valence-corrected chi connectivity index (χ2v) is 12.6. The van der Waals surface area contributed by atoms with Crippen LogP contribution < -0.4 is 0 Å². The average molecular weight is 551 g/mol. The number of hydrogen-bond donors (Lipinski definition) is 0. The molecule has 1 aromatic carbocycles. The Morgan fingerprint density at radius 3 is 2.25 bits per heavy atom. The van der Waals surface area contributed by atoms with Crippen LogP contribution in [-0.2, 0) is 39.8 Å². The zero-order valence-electron chi connectivity index (χ0n) is 24.6. The highest BCUT2D eigenvalue weighted by Gasteiger charge is 2.59. The molecule has 4 rings (SSSR count). The van der Waals surface area contributed by atoms with Crippen molar-refractivity contribution >= 4 is 23.7 Å². The lowest BCUT2D eigenvalue weighted by atomic mass is 9.50. The van der Waals surface area contributed by atoms with Gasteiger partial charge in [-0.2, -0.15) is 0 Å². The maximum atomic E-state index is 13.3. The van der Waals surface area contributed by atoms with Gasteiger partial charge < -0.3 is 14.2 Å². The van der Waals surface area contributed by atoms with Gasteiger partial charge in [0, 0.05) is 38.5 Å². The fourth-order valence-electron chi connectivity index (χ4n) is 7.55. The number of esters is 3. The van der Waals surface area contributed by atoms with Gasteiger partial charge in [-0.15, -0.1) is 0 Å². The Kier molecular flexibility index (Phi) is 8.44. The summed E-state index contributed by atoms with van der Waals surface area (Å²) in [6.45, 7) is 15.2. The Bertz CT molecular complexity index is 1230. The highest BCUT2D eigenvalue weighted by atomic mass is 16.6. The first-order valence-corrected chi connectivity index (χ1v) is 14.3. The molecule has 2 fully saturated rings. The molecule has 0 unspecified atom stereocenters. The molecule has 0 aliphatic heterocycles. The van der Waals surface area contributed by atoms with Crippen LogP contribution in [0, 0.1) is 22.7 Å². The Balaban J connectivity index is 1.70. The second-order valence-electron chi connectivity index (χ2n) is 12.6. The molecule has 6 atom stereocenters. The number of fused-ring (bicyclic) bond motifs is 3. The van der Waals surface area contributed by atoms with Crippen molar-refractivity contribution in [3.8, 4) is 0 Å². The molecule has 2 bridgehead atoms. The van der Waals surface area contributed by atoms with Gasteiger partial charge in [0.05, 0.1) is 0 Å². The van der Waals surface area contributed by atoms with Crippen LogP contribution in [-0.4, -0.2) is 42.0 Å². The van der Waals surface area contributed by atoms with Crippen molar-refractivity contribution in [3.63, 3.8) is 0 Å². The van der Waals surface area contributed by atoms with Gasteiger partial charge in [-0.05, 0) is 65.7 Å². The standard InChI is InChI=1S/C33H42O7/c1-19-25(36)17-24-31(39-22(4)35)30-20(2)26(40-28(37)14-13-23-11-9-8-10-12-23)15-16-33(30,7)18-27(38-21(3)34)29(19)32(24,5)6/h8-12,24,26-27,30-31H,2,13-18H2,1,3-7H3/t24-,26-,27-,30-,31+,33-/m0/s1. The molecule has 0 saturated heterocycles. The summed E-state index contributed by atoms with van der Waals surface area (Å²) in [4.78, 5) is 51.0. The lowest BCUT2D eigenvalue weighted by Gasteiger charge is -2.57. The topological polar surface area (TPSA) is 96.0 Å². The van der Waals surface area contributed by atoms with Crippen molar-refractivity contribution in [2.24, 2.45) is 22.7 Å². The molecule has 0 aromatic heterocycles. The predicted octanol–water partition coefficient (Wildman–Crippen LogP) is 5.70. The first-order valence-electron chi connectivity index (χ1n) is 14.3. The normalized spacial score (nSPS) is 31.4. The van der Waals surface area contributed by atoms with Crippen LogP contribution in [0.2, 0.25) is 0 Å². The Morgan fingerprint density at radius 2 is 1.62 bits per heavy atom. The van der Waals surface area contributed by atoms with Crippen LogP contribution in [0.5, 0.6) is 0 Å². The quantitative estimate of drug-likeness (QED) is 0.255. The molecule has 3 aliphatic rings. The van der Waals surface area contributed by atoms with Gasteiger partial charge in [0.25, 0.3) is 0 Å². The number of hydrogen-bond acceptors (Lipinski definition) is 7. The molecule has 0 heterocycles. The first-order chi connectivity index (χ1) is 18.7. The number of ether oxygens (including phenoxy) is 3. The minimum atomic E-state index is -0.652. The third-order valence-electron chi connectivity index (χ3n) is 9.43. The SMILES string of the molecule is C=C1[C@@H](OC(=O)CCc2ccccc2)CC[C@@]2(C)C[C@H](OC(C)=O)C3=C(C)C(=O)C[C@@H]([C@@H](OC(C)=O)[C@H]12)C3(C)C. The van der Waals surface area contributed by atoms with Gasteiger partial charge in [0.2, 0.25) is 0 Å². The summed E-state index contributed by atoms with van der Waals surface area (Å²) in [7, 11) is 0. The van der Waals surface area contributed by atoms with E-state index < -0.39 is 47.0 Å². The van der Waals surface area contributed by atoms with Gasteiger partial charge in [-0.25, -0.2) is 0 Å². The van der Waals surface area contributed by atoms with Gasteiger partial charge in [0.1, 0.15) is 18.3 Å². The molecule has 0 N–H and O–H groups in total. The minimum Gasteiger partial charge on any atom is -0.462 e. The molecular weight excluding hydrogens is 508 g/mol. The van der Waals surface area contributed by atoms with Crippen molar-refractivity contribution in [2.75, 3.05) is 0 Å². The van der Waals surface area contributed by atoms with E-state index in [4.69, 9.17) is 14.2 Å². The highest BCUT2D eigenvalue weighted by molar-refractivity contribution is 5.97. The van der Waals surface area contributed by atoms with Gasteiger partial charge >= 0.3 is 17.9 Å². The van der Waals surface area contributed by atoms with E-state index in [0.29, 0.717) is 36.8 Å². The molecule has 0 radical (unpaired) electrons. The Morgan fingerprint density at radius 1 is 0.975 bits per heavy atom. The smallest absolute Gasteiger partial charge is 0.306 e. The molecule has 2 saturated carbocycles. The maximum Gasteiger partial charge on any atom is 0.306 e. The number of ketones is 1. The van der Waals surface area contributed by atoms with Crippen LogP contribution in [0.1, 0.15) is 79.2 Å². The summed E-state index contributed by atoms with van der Waals surface area (Å²) < 4.78 is 18.0. The average Bonchev–Trinajstić information content (AvgIpc) is 2.86. The van der Waals surface area contributed by atoms with E-state index in [-0.39, 0.29) is 30.5 Å². The largest absolute Gasteiger partial charge is 0.462 e. The number of Topliss-reactive ketones (excluding diaryl/α,β-unsaturated/α-hetero) is 1. The van der Waals surface area contributed by atoms with Crippen molar-refractivity contribution in [3.05, 3.63) is 59.2 Å². The molecule has 7 nitrogen and oxygen atoms in total. The summed E-state index contributed by atoms with van der Waals surface area (Å²) in [6, 6.07) is 9.78. The third kappa shape index (κ3) is 5.79. The van der Waals surface area contributed by atoms with Crippen LogP contribution in [0.25, 0.3) is 0 Å².